The van der Waals surface area contributed by atoms with Crippen molar-refractivity contribution in [2.24, 2.45) is 11.7 Å². The van der Waals surface area contributed by atoms with E-state index in [1.807, 2.05) is 6.92 Å². The molecule has 0 bridgehead atoms. The van der Waals surface area contributed by atoms with Gasteiger partial charge in [-0.2, -0.15) is 0 Å². The van der Waals surface area contributed by atoms with Crippen LogP contribution >= 0.6 is 0 Å². The molecule has 94 valence electrons. The number of hydrogen-bond donors (Lipinski definition) is 1. The molecule has 1 aliphatic heterocycles. The quantitative estimate of drug-likeness (QED) is 0.740. The van der Waals surface area contributed by atoms with Crippen LogP contribution in [0.5, 0.6) is 0 Å². The van der Waals surface area contributed by atoms with Crippen molar-refractivity contribution in [3.8, 4) is 11.8 Å². The summed E-state index contributed by atoms with van der Waals surface area (Å²) < 4.78 is 0. The molecule has 0 saturated carbocycles. The molecule has 4 nitrogen and oxygen atoms in total. The molecule has 1 saturated heterocycles. The lowest BCUT2D eigenvalue weighted by molar-refractivity contribution is -0.139. The summed E-state index contributed by atoms with van der Waals surface area (Å²) >= 11 is 0. The fourth-order valence-electron chi connectivity index (χ4n) is 2.29. The summed E-state index contributed by atoms with van der Waals surface area (Å²) in [6, 6.07) is -0.462. The summed E-state index contributed by atoms with van der Waals surface area (Å²) in [6.45, 7) is 4.27. The van der Waals surface area contributed by atoms with E-state index in [2.05, 4.69) is 11.8 Å². The fraction of sp³-hybridized carbons (Fsp3) is 0.692. The van der Waals surface area contributed by atoms with Gasteiger partial charge < -0.3 is 10.6 Å². The minimum Gasteiger partial charge on any atom is -0.368 e. The molecular weight excluding hydrogens is 216 g/mol. The number of primary amides is 1. The van der Waals surface area contributed by atoms with E-state index in [9.17, 15) is 9.59 Å². The van der Waals surface area contributed by atoms with Gasteiger partial charge in [-0.3, -0.25) is 9.59 Å². The van der Waals surface area contributed by atoms with Crippen molar-refractivity contribution in [3.05, 3.63) is 0 Å². The molecule has 0 aliphatic carbocycles. The Bertz CT molecular complexity index is 354. The number of likely N-dealkylation sites (tertiary alicyclic amines) is 1. The van der Waals surface area contributed by atoms with Gasteiger partial charge in [-0.1, -0.05) is 12.8 Å². The molecule has 0 aromatic heterocycles. The smallest absolute Gasteiger partial charge is 0.240 e. The molecule has 2 atom stereocenters. The Labute approximate surface area is 103 Å². The van der Waals surface area contributed by atoms with Gasteiger partial charge in [0.25, 0.3) is 0 Å². The SMILES string of the molecule is CC#CC1CCCN(C(CC)C(N)=O)C(=O)C1. The predicted molar refractivity (Wildman–Crippen MR) is 65.8 cm³/mol. The van der Waals surface area contributed by atoms with E-state index < -0.39 is 11.9 Å². The van der Waals surface area contributed by atoms with Gasteiger partial charge in [0.1, 0.15) is 6.04 Å². The largest absolute Gasteiger partial charge is 0.368 e. The van der Waals surface area contributed by atoms with Gasteiger partial charge in [0.15, 0.2) is 0 Å². The molecular formula is C13H20N2O2. The normalized spacial score (nSPS) is 22.4. The summed E-state index contributed by atoms with van der Waals surface area (Å²) in [6.07, 6.45) is 2.78. The zero-order valence-corrected chi connectivity index (χ0v) is 10.5. The average Bonchev–Trinajstić information content (AvgIpc) is 2.43. The summed E-state index contributed by atoms with van der Waals surface area (Å²) in [5.41, 5.74) is 5.32. The van der Waals surface area contributed by atoms with Crippen molar-refractivity contribution in [1.29, 1.82) is 0 Å². The van der Waals surface area contributed by atoms with E-state index in [1.165, 1.54) is 0 Å². The number of carbonyl (C=O) groups excluding carboxylic acids is 2. The molecule has 2 unspecified atom stereocenters. The number of nitrogens with zero attached hydrogens (tertiary/aromatic N) is 1. The maximum absolute atomic E-state index is 12.1. The molecule has 1 aliphatic rings. The molecule has 2 amide bonds. The van der Waals surface area contributed by atoms with Crippen molar-refractivity contribution in [2.45, 2.75) is 45.6 Å². The monoisotopic (exact) mass is 236 g/mol. The van der Waals surface area contributed by atoms with Crippen LogP contribution in [0.15, 0.2) is 0 Å². The van der Waals surface area contributed by atoms with Crippen LogP contribution in [0.3, 0.4) is 0 Å². The van der Waals surface area contributed by atoms with Gasteiger partial charge in [-0.15, -0.1) is 5.92 Å². The third-order valence-corrected chi connectivity index (χ3v) is 3.13. The van der Waals surface area contributed by atoms with Crippen molar-refractivity contribution >= 4 is 11.8 Å². The third-order valence-electron chi connectivity index (χ3n) is 3.13. The van der Waals surface area contributed by atoms with Gasteiger partial charge in [0, 0.05) is 18.9 Å². The Balaban J connectivity index is 2.77. The molecule has 1 rings (SSSR count). The Kier molecular flexibility index (Phi) is 5.02. The lowest BCUT2D eigenvalue weighted by Crippen LogP contribution is -2.47. The van der Waals surface area contributed by atoms with Gasteiger partial charge in [-0.05, 0) is 26.2 Å². The molecule has 2 N–H and O–H groups in total. The summed E-state index contributed by atoms with van der Waals surface area (Å²) in [7, 11) is 0. The Morgan fingerprint density at radius 3 is 2.88 bits per heavy atom. The van der Waals surface area contributed by atoms with Crippen LogP contribution in [-0.2, 0) is 9.59 Å². The van der Waals surface area contributed by atoms with Crippen LogP contribution in [0.2, 0.25) is 0 Å². The molecule has 17 heavy (non-hydrogen) atoms. The minimum atomic E-state index is -0.462. The van der Waals surface area contributed by atoms with Crippen molar-refractivity contribution in [3.63, 3.8) is 0 Å². The Hall–Kier alpha value is -1.50. The van der Waals surface area contributed by atoms with E-state index >= 15 is 0 Å². The van der Waals surface area contributed by atoms with Gasteiger partial charge in [0.05, 0.1) is 0 Å². The lowest BCUT2D eigenvalue weighted by Gasteiger charge is -2.27. The van der Waals surface area contributed by atoms with E-state index in [0.717, 1.165) is 12.8 Å². The summed E-state index contributed by atoms with van der Waals surface area (Å²) in [5.74, 6) is 5.61. The standard InChI is InChI=1S/C13H20N2O2/c1-3-6-10-7-5-8-15(12(16)9-10)11(4-2)13(14)17/h10-11H,4-5,7-9H2,1-2H3,(H2,14,17). The predicted octanol–water partition coefficient (Wildman–Crippen LogP) is 0.902. The van der Waals surface area contributed by atoms with Crippen LogP contribution in [0.25, 0.3) is 0 Å². The molecule has 0 spiro atoms. The van der Waals surface area contributed by atoms with Crippen LogP contribution in [-0.4, -0.2) is 29.3 Å². The van der Waals surface area contributed by atoms with Crippen LogP contribution in [0, 0.1) is 17.8 Å². The van der Waals surface area contributed by atoms with Crippen molar-refractivity contribution in [1.82, 2.24) is 4.90 Å². The third kappa shape index (κ3) is 3.48. The molecule has 1 heterocycles. The minimum absolute atomic E-state index is 0.000833. The highest BCUT2D eigenvalue weighted by molar-refractivity contribution is 5.86. The Morgan fingerprint density at radius 2 is 2.35 bits per heavy atom. The highest BCUT2D eigenvalue weighted by atomic mass is 16.2. The van der Waals surface area contributed by atoms with Gasteiger partial charge in [0.2, 0.25) is 11.8 Å². The van der Waals surface area contributed by atoms with Crippen LogP contribution in [0.4, 0.5) is 0 Å². The first-order valence-corrected chi connectivity index (χ1v) is 6.11. The highest BCUT2D eigenvalue weighted by Gasteiger charge is 2.29. The van der Waals surface area contributed by atoms with Gasteiger partial charge in [-0.25, -0.2) is 0 Å². The summed E-state index contributed by atoms with van der Waals surface area (Å²) in [5, 5.41) is 0. The topological polar surface area (TPSA) is 63.4 Å². The van der Waals surface area contributed by atoms with Crippen molar-refractivity contribution in [2.75, 3.05) is 6.54 Å². The number of rotatable bonds is 3. The second-order valence-electron chi connectivity index (χ2n) is 4.35. The lowest BCUT2D eigenvalue weighted by atomic mass is 10.0. The van der Waals surface area contributed by atoms with E-state index in [1.54, 1.807) is 11.8 Å². The second kappa shape index (κ2) is 6.29. The first kappa shape index (κ1) is 13.6. The first-order valence-electron chi connectivity index (χ1n) is 6.11. The zero-order valence-electron chi connectivity index (χ0n) is 10.5. The van der Waals surface area contributed by atoms with Crippen LogP contribution < -0.4 is 5.73 Å². The number of hydrogen-bond acceptors (Lipinski definition) is 2. The fourth-order valence-corrected chi connectivity index (χ4v) is 2.29. The Morgan fingerprint density at radius 1 is 1.65 bits per heavy atom. The highest BCUT2D eigenvalue weighted by Crippen LogP contribution is 2.20. The second-order valence-corrected chi connectivity index (χ2v) is 4.35. The van der Waals surface area contributed by atoms with E-state index in [-0.39, 0.29) is 11.8 Å². The maximum Gasteiger partial charge on any atom is 0.240 e. The zero-order chi connectivity index (χ0) is 12.8. The molecule has 0 aromatic carbocycles. The molecule has 4 heteroatoms. The first-order chi connectivity index (χ1) is 8.10. The van der Waals surface area contributed by atoms with E-state index in [0.29, 0.717) is 19.4 Å². The molecule has 0 aromatic rings. The summed E-state index contributed by atoms with van der Waals surface area (Å²) in [4.78, 5) is 25.0. The maximum atomic E-state index is 12.1. The van der Waals surface area contributed by atoms with Crippen LogP contribution in [0.1, 0.15) is 39.5 Å². The molecule has 1 fully saturated rings. The number of carbonyl (C=O) groups is 2. The molecule has 0 radical (unpaired) electrons. The number of amides is 2. The average molecular weight is 236 g/mol. The van der Waals surface area contributed by atoms with Crippen molar-refractivity contribution < 1.29 is 9.59 Å². The number of nitrogens with two attached hydrogens (primary N) is 1. The van der Waals surface area contributed by atoms with Gasteiger partial charge >= 0.3 is 0 Å². The van der Waals surface area contributed by atoms with E-state index in [4.69, 9.17) is 5.73 Å².